The van der Waals surface area contributed by atoms with Gasteiger partial charge in [0.05, 0.1) is 13.2 Å². The predicted molar refractivity (Wildman–Crippen MR) is 130 cm³/mol. The molecule has 1 heterocycles. The van der Waals surface area contributed by atoms with E-state index in [9.17, 15) is 9.59 Å². The Labute approximate surface area is 196 Å². The van der Waals surface area contributed by atoms with Gasteiger partial charge in [-0.05, 0) is 38.0 Å². The molecule has 2 amide bonds. The van der Waals surface area contributed by atoms with Crippen molar-refractivity contribution in [3.8, 4) is 0 Å². The first-order valence-electron chi connectivity index (χ1n) is 10.4. The highest BCUT2D eigenvalue weighted by molar-refractivity contribution is 14.0. The number of amides is 2. The molecular formula is C21H34IN5O3. The van der Waals surface area contributed by atoms with Crippen molar-refractivity contribution in [2.45, 2.75) is 40.2 Å². The van der Waals surface area contributed by atoms with Gasteiger partial charge in [-0.1, -0.05) is 19.1 Å². The van der Waals surface area contributed by atoms with Crippen molar-refractivity contribution in [1.29, 1.82) is 0 Å². The normalized spacial score (nSPS) is 14.0. The van der Waals surface area contributed by atoms with E-state index in [0.717, 1.165) is 30.2 Å². The van der Waals surface area contributed by atoms with E-state index >= 15 is 0 Å². The summed E-state index contributed by atoms with van der Waals surface area (Å²) in [6.45, 7) is 10.1. The van der Waals surface area contributed by atoms with E-state index in [1.807, 2.05) is 45.0 Å². The van der Waals surface area contributed by atoms with Gasteiger partial charge >= 0.3 is 6.09 Å². The second-order valence-electron chi connectivity index (χ2n) is 6.84. The van der Waals surface area contributed by atoms with Crippen LogP contribution in [0.1, 0.15) is 39.2 Å². The molecular weight excluding hydrogens is 497 g/mol. The van der Waals surface area contributed by atoms with Crippen molar-refractivity contribution >= 4 is 47.6 Å². The minimum Gasteiger partial charge on any atom is -0.450 e. The van der Waals surface area contributed by atoms with Gasteiger partial charge in [-0.2, -0.15) is 0 Å². The summed E-state index contributed by atoms with van der Waals surface area (Å²) in [5.41, 5.74) is 1.82. The Hall–Kier alpha value is -2.04. The van der Waals surface area contributed by atoms with E-state index in [1.54, 1.807) is 4.90 Å². The van der Waals surface area contributed by atoms with Gasteiger partial charge < -0.3 is 25.2 Å². The zero-order valence-electron chi connectivity index (χ0n) is 18.1. The molecule has 8 nitrogen and oxygen atoms in total. The average molecular weight is 531 g/mol. The van der Waals surface area contributed by atoms with Crippen LogP contribution < -0.4 is 10.6 Å². The number of piperazine rings is 1. The van der Waals surface area contributed by atoms with Gasteiger partial charge in [0.1, 0.15) is 0 Å². The smallest absolute Gasteiger partial charge is 0.409 e. The molecule has 0 spiro atoms. The number of halogens is 1. The number of hydrogen-bond acceptors (Lipinski definition) is 4. The highest BCUT2D eigenvalue weighted by Crippen LogP contribution is 2.13. The van der Waals surface area contributed by atoms with Crippen molar-refractivity contribution < 1.29 is 14.3 Å². The lowest BCUT2D eigenvalue weighted by molar-refractivity contribution is -0.116. The molecule has 1 fully saturated rings. The fourth-order valence-electron chi connectivity index (χ4n) is 3.11. The zero-order chi connectivity index (χ0) is 21.1. The number of carbonyl (C=O) groups excluding carboxylic acids is 2. The molecule has 0 unspecified atom stereocenters. The van der Waals surface area contributed by atoms with Crippen LogP contribution in [0.2, 0.25) is 0 Å². The Morgan fingerprint density at radius 2 is 1.80 bits per heavy atom. The second-order valence-corrected chi connectivity index (χ2v) is 6.84. The minimum absolute atomic E-state index is 0. The number of benzene rings is 1. The Balaban J connectivity index is 0.00000450. The summed E-state index contributed by atoms with van der Waals surface area (Å²) < 4.78 is 5.08. The van der Waals surface area contributed by atoms with Crippen LogP contribution in [0.5, 0.6) is 0 Å². The first kappa shape index (κ1) is 26.0. The standard InChI is InChI=1S/C21H33N5O3.HI/c1-4-8-19(27)24-18-10-7-9-17(15-18)16-23-20(22-5-2)25-11-13-26(14-12-25)21(28)29-6-3;/h7,9-10,15H,4-6,8,11-14,16H2,1-3H3,(H,22,23)(H,24,27);1H. The quantitative estimate of drug-likeness (QED) is 0.321. The maximum absolute atomic E-state index is 11.9. The summed E-state index contributed by atoms with van der Waals surface area (Å²) in [4.78, 5) is 32.3. The second kappa shape index (κ2) is 14.1. The molecule has 0 radical (unpaired) electrons. The van der Waals surface area contributed by atoms with Crippen LogP contribution in [0.25, 0.3) is 0 Å². The molecule has 2 N–H and O–H groups in total. The Bertz CT molecular complexity index is 706. The van der Waals surface area contributed by atoms with Gasteiger partial charge in [0, 0.05) is 44.8 Å². The molecule has 0 aromatic heterocycles. The summed E-state index contributed by atoms with van der Waals surface area (Å²) in [7, 11) is 0. The number of nitrogens with zero attached hydrogens (tertiary/aromatic N) is 3. The number of guanidine groups is 1. The van der Waals surface area contributed by atoms with Crippen LogP contribution >= 0.6 is 24.0 Å². The van der Waals surface area contributed by atoms with E-state index in [0.29, 0.717) is 45.8 Å². The lowest BCUT2D eigenvalue weighted by Crippen LogP contribution is -2.53. The SMILES string of the molecule is CCCC(=O)Nc1cccc(CN=C(NCC)N2CCN(C(=O)OCC)CC2)c1.I. The number of ether oxygens (including phenoxy) is 1. The summed E-state index contributed by atoms with van der Waals surface area (Å²) in [6, 6.07) is 7.78. The number of carbonyl (C=O) groups is 2. The highest BCUT2D eigenvalue weighted by Gasteiger charge is 2.23. The number of aliphatic imine (C=N–C) groups is 1. The maximum Gasteiger partial charge on any atom is 0.409 e. The molecule has 9 heteroatoms. The van der Waals surface area contributed by atoms with E-state index in [4.69, 9.17) is 9.73 Å². The summed E-state index contributed by atoms with van der Waals surface area (Å²) in [5.74, 6) is 0.859. The monoisotopic (exact) mass is 531 g/mol. The van der Waals surface area contributed by atoms with Gasteiger partial charge in [0.15, 0.2) is 5.96 Å². The summed E-state index contributed by atoms with van der Waals surface area (Å²) in [5, 5.41) is 6.25. The van der Waals surface area contributed by atoms with Gasteiger partial charge in [0.25, 0.3) is 0 Å². The fourth-order valence-corrected chi connectivity index (χ4v) is 3.11. The Kier molecular flexibility index (Phi) is 12.2. The van der Waals surface area contributed by atoms with Crippen molar-refractivity contribution in [3.63, 3.8) is 0 Å². The first-order chi connectivity index (χ1) is 14.1. The third kappa shape index (κ3) is 8.37. The average Bonchev–Trinajstić information content (AvgIpc) is 2.72. The minimum atomic E-state index is -0.254. The van der Waals surface area contributed by atoms with Gasteiger partial charge in [-0.3, -0.25) is 4.79 Å². The Morgan fingerprint density at radius 3 is 2.43 bits per heavy atom. The van der Waals surface area contributed by atoms with Crippen LogP contribution in [-0.2, 0) is 16.1 Å². The third-order valence-corrected chi connectivity index (χ3v) is 4.54. The van der Waals surface area contributed by atoms with E-state index < -0.39 is 0 Å². The lowest BCUT2D eigenvalue weighted by Gasteiger charge is -2.35. The number of hydrogen-bond donors (Lipinski definition) is 2. The maximum atomic E-state index is 11.9. The van der Waals surface area contributed by atoms with Crippen molar-refractivity contribution in [2.75, 3.05) is 44.6 Å². The van der Waals surface area contributed by atoms with Crippen LogP contribution in [0, 0.1) is 0 Å². The largest absolute Gasteiger partial charge is 0.450 e. The molecule has 1 aromatic carbocycles. The number of anilines is 1. The van der Waals surface area contributed by atoms with Crippen molar-refractivity contribution in [1.82, 2.24) is 15.1 Å². The molecule has 1 aliphatic rings. The van der Waals surface area contributed by atoms with E-state index in [2.05, 4.69) is 15.5 Å². The molecule has 0 aliphatic carbocycles. The number of rotatable bonds is 7. The number of nitrogens with one attached hydrogen (secondary N) is 2. The molecule has 1 aromatic rings. The van der Waals surface area contributed by atoms with Crippen LogP contribution in [0.3, 0.4) is 0 Å². The van der Waals surface area contributed by atoms with Gasteiger partial charge in [0.2, 0.25) is 5.91 Å². The first-order valence-corrected chi connectivity index (χ1v) is 10.4. The molecule has 168 valence electrons. The zero-order valence-corrected chi connectivity index (χ0v) is 20.5. The molecule has 30 heavy (non-hydrogen) atoms. The lowest BCUT2D eigenvalue weighted by atomic mass is 10.2. The van der Waals surface area contributed by atoms with Crippen molar-refractivity contribution in [2.24, 2.45) is 4.99 Å². The molecule has 1 saturated heterocycles. The van der Waals surface area contributed by atoms with Gasteiger partial charge in [-0.15, -0.1) is 24.0 Å². The summed E-state index contributed by atoms with van der Waals surface area (Å²) in [6.07, 6.45) is 1.09. The third-order valence-electron chi connectivity index (χ3n) is 4.54. The predicted octanol–water partition coefficient (Wildman–Crippen LogP) is 3.28. The van der Waals surface area contributed by atoms with Crippen LogP contribution in [-0.4, -0.2) is 67.1 Å². The summed E-state index contributed by atoms with van der Waals surface area (Å²) >= 11 is 0. The van der Waals surface area contributed by atoms with Crippen LogP contribution in [0.4, 0.5) is 10.5 Å². The van der Waals surface area contributed by atoms with E-state index in [-0.39, 0.29) is 36.0 Å². The molecule has 1 aliphatic heterocycles. The molecule has 2 rings (SSSR count). The molecule has 0 saturated carbocycles. The highest BCUT2D eigenvalue weighted by atomic mass is 127. The van der Waals surface area contributed by atoms with Gasteiger partial charge in [-0.25, -0.2) is 9.79 Å². The molecule has 0 bridgehead atoms. The van der Waals surface area contributed by atoms with Crippen LogP contribution in [0.15, 0.2) is 29.3 Å². The topological polar surface area (TPSA) is 86.3 Å². The van der Waals surface area contributed by atoms with Crippen molar-refractivity contribution in [3.05, 3.63) is 29.8 Å². The Morgan fingerprint density at radius 1 is 1.10 bits per heavy atom. The molecule has 0 atom stereocenters. The van der Waals surface area contributed by atoms with E-state index in [1.165, 1.54) is 0 Å². The fraction of sp³-hybridized carbons (Fsp3) is 0.571.